The minimum Gasteiger partial charge on any atom is -0.394 e. The molecule has 0 unspecified atom stereocenters. The molecule has 11 nitrogen and oxygen atoms in total. The Kier molecular flexibility index (Phi) is 9.80. The lowest BCUT2D eigenvalue weighted by Gasteiger charge is -2.30. The Hall–Kier alpha value is -3.42. The Balaban J connectivity index is 1.33. The molecule has 1 atom stereocenters. The Bertz CT molecular complexity index is 1360. The molecule has 0 radical (unpaired) electrons. The van der Waals surface area contributed by atoms with Crippen molar-refractivity contribution in [1.29, 1.82) is 0 Å². The van der Waals surface area contributed by atoms with Crippen LogP contribution >= 0.6 is 0 Å². The summed E-state index contributed by atoms with van der Waals surface area (Å²) in [7, 11) is 0. The van der Waals surface area contributed by atoms with E-state index in [2.05, 4.69) is 25.9 Å². The van der Waals surface area contributed by atoms with E-state index in [-0.39, 0.29) is 42.3 Å². The SMILES string of the molecule is O=C(NCCC[C@@H](O)CO)C1CCC(n2c(Nc3ccc(F)cc3F)nc3cnc(NC4CCC(O)CC4)nc32)CC1. The summed E-state index contributed by atoms with van der Waals surface area (Å²) in [6.07, 6.45) is 7.25. The molecule has 1 aromatic carbocycles. The van der Waals surface area contributed by atoms with Crippen LogP contribution in [0.4, 0.5) is 26.4 Å². The standard InChI is InChI=1S/C29H39F2N7O4/c30-18-5-12-24(23(31)14-18)35-29-36-25-15-33-28(34-19-6-10-21(40)11-7-19)37-26(25)38(29)20-8-3-17(4-9-20)27(42)32-13-1-2-22(41)16-39/h5,12,14-15,17,19-22,39-41H,1-4,6-11,13,16H2,(H,32,42)(H,35,36)(H,33,34,37)/t17?,19?,20?,21?,22-/m1/s1. The lowest BCUT2D eigenvalue weighted by Crippen LogP contribution is -2.34. The topological polar surface area (TPSA) is 157 Å². The summed E-state index contributed by atoms with van der Waals surface area (Å²) in [5, 5.41) is 37.6. The predicted molar refractivity (Wildman–Crippen MR) is 153 cm³/mol. The van der Waals surface area contributed by atoms with Crippen molar-refractivity contribution in [2.75, 3.05) is 23.8 Å². The van der Waals surface area contributed by atoms with Gasteiger partial charge in [-0.2, -0.15) is 4.98 Å². The lowest BCUT2D eigenvalue weighted by molar-refractivity contribution is -0.126. The fraction of sp³-hybridized carbons (Fsp3) is 0.586. The van der Waals surface area contributed by atoms with E-state index in [0.717, 1.165) is 31.7 Å². The number of benzene rings is 1. The summed E-state index contributed by atoms with van der Waals surface area (Å²) in [6.45, 7) is 0.144. The minimum atomic E-state index is -0.774. The van der Waals surface area contributed by atoms with Crippen molar-refractivity contribution < 1.29 is 28.9 Å². The van der Waals surface area contributed by atoms with Crippen molar-refractivity contribution in [3.8, 4) is 0 Å². The largest absolute Gasteiger partial charge is 0.394 e. The molecule has 0 bridgehead atoms. The highest BCUT2D eigenvalue weighted by Gasteiger charge is 2.30. The Morgan fingerprint density at radius 2 is 1.83 bits per heavy atom. The van der Waals surface area contributed by atoms with Crippen LogP contribution in [0.3, 0.4) is 0 Å². The summed E-state index contributed by atoms with van der Waals surface area (Å²) in [6, 6.07) is 3.39. The minimum absolute atomic E-state index is 0.0272. The normalized spacial score (nSPS) is 23.5. The number of aliphatic hydroxyl groups excluding tert-OH is 3. The van der Waals surface area contributed by atoms with E-state index >= 15 is 0 Å². The first-order chi connectivity index (χ1) is 20.3. The second-order valence-corrected chi connectivity index (χ2v) is 11.4. The number of halogens is 2. The van der Waals surface area contributed by atoms with Crippen molar-refractivity contribution in [3.05, 3.63) is 36.0 Å². The van der Waals surface area contributed by atoms with Gasteiger partial charge in [0.15, 0.2) is 5.65 Å². The number of hydrogen-bond donors (Lipinski definition) is 6. The second kappa shape index (κ2) is 13.7. The second-order valence-electron chi connectivity index (χ2n) is 11.4. The Morgan fingerprint density at radius 3 is 2.55 bits per heavy atom. The van der Waals surface area contributed by atoms with Crippen molar-refractivity contribution in [1.82, 2.24) is 24.8 Å². The molecule has 2 aliphatic carbocycles. The van der Waals surface area contributed by atoms with Crippen molar-refractivity contribution >= 4 is 34.7 Å². The molecule has 2 aliphatic rings. The van der Waals surface area contributed by atoms with Gasteiger partial charge in [-0.05, 0) is 76.3 Å². The first-order valence-corrected chi connectivity index (χ1v) is 14.8. The number of fused-ring (bicyclic) bond motifs is 1. The van der Waals surface area contributed by atoms with Gasteiger partial charge in [-0.1, -0.05) is 0 Å². The molecular weight excluding hydrogens is 548 g/mol. The monoisotopic (exact) mass is 587 g/mol. The number of imidazole rings is 1. The van der Waals surface area contributed by atoms with Gasteiger partial charge in [0.1, 0.15) is 17.2 Å². The van der Waals surface area contributed by atoms with Gasteiger partial charge < -0.3 is 31.3 Å². The maximum absolute atomic E-state index is 14.6. The summed E-state index contributed by atoms with van der Waals surface area (Å²) >= 11 is 0. The van der Waals surface area contributed by atoms with Crippen molar-refractivity contribution in [3.63, 3.8) is 0 Å². The summed E-state index contributed by atoms with van der Waals surface area (Å²) in [4.78, 5) is 26.7. The average Bonchev–Trinajstić information content (AvgIpc) is 3.35. The van der Waals surface area contributed by atoms with Crippen LogP contribution in [0.25, 0.3) is 11.2 Å². The number of carbonyl (C=O) groups excluding carboxylic acids is 1. The highest BCUT2D eigenvalue weighted by Crippen LogP contribution is 2.37. The maximum atomic E-state index is 14.6. The molecule has 13 heteroatoms. The third-order valence-electron chi connectivity index (χ3n) is 8.30. The van der Waals surface area contributed by atoms with E-state index in [0.29, 0.717) is 68.1 Å². The number of nitrogens with zero attached hydrogens (tertiary/aromatic N) is 4. The molecule has 228 valence electrons. The number of anilines is 3. The average molecular weight is 588 g/mol. The molecule has 2 saturated carbocycles. The van der Waals surface area contributed by atoms with Crippen LogP contribution in [0.5, 0.6) is 0 Å². The first kappa shape index (κ1) is 30.1. The summed E-state index contributed by atoms with van der Waals surface area (Å²) in [5.74, 6) is -0.793. The fourth-order valence-corrected chi connectivity index (χ4v) is 5.89. The van der Waals surface area contributed by atoms with Gasteiger partial charge in [-0.15, -0.1) is 0 Å². The lowest BCUT2D eigenvalue weighted by atomic mass is 9.85. The predicted octanol–water partition coefficient (Wildman–Crippen LogP) is 3.54. The van der Waals surface area contributed by atoms with Crippen molar-refractivity contribution in [2.24, 2.45) is 5.92 Å². The van der Waals surface area contributed by atoms with E-state index < -0.39 is 17.7 Å². The number of rotatable bonds is 11. The molecule has 5 rings (SSSR count). The molecule has 0 aliphatic heterocycles. The zero-order chi connectivity index (χ0) is 29.6. The van der Waals surface area contributed by atoms with E-state index in [1.165, 1.54) is 12.1 Å². The molecule has 0 spiro atoms. The number of aromatic nitrogens is 4. The van der Waals surface area contributed by atoms with E-state index in [4.69, 9.17) is 10.1 Å². The molecular formula is C29H39F2N7O4. The number of aliphatic hydroxyl groups is 3. The third-order valence-corrected chi connectivity index (χ3v) is 8.30. The maximum Gasteiger partial charge on any atom is 0.224 e. The van der Waals surface area contributed by atoms with Crippen LogP contribution in [0.2, 0.25) is 0 Å². The van der Waals surface area contributed by atoms with Gasteiger partial charge in [-0.3, -0.25) is 9.36 Å². The number of nitrogens with one attached hydrogen (secondary N) is 3. The summed E-state index contributed by atoms with van der Waals surface area (Å²) in [5.41, 5.74) is 1.18. The van der Waals surface area contributed by atoms with Gasteiger partial charge in [0.25, 0.3) is 0 Å². The third kappa shape index (κ3) is 7.31. The van der Waals surface area contributed by atoms with Crippen LogP contribution in [0.15, 0.2) is 24.4 Å². The zero-order valence-electron chi connectivity index (χ0n) is 23.5. The van der Waals surface area contributed by atoms with Gasteiger partial charge in [0.2, 0.25) is 17.8 Å². The Morgan fingerprint density at radius 1 is 1.07 bits per heavy atom. The van der Waals surface area contributed by atoms with Crippen LogP contribution in [-0.4, -0.2) is 72.1 Å². The number of hydrogen-bond acceptors (Lipinski definition) is 9. The molecule has 2 fully saturated rings. The van der Waals surface area contributed by atoms with E-state index in [1.54, 1.807) is 6.20 Å². The Labute approximate surface area is 242 Å². The highest BCUT2D eigenvalue weighted by molar-refractivity contribution is 5.79. The first-order valence-electron chi connectivity index (χ1n) is 14.8. The van der Waals surface area contributed by atoms with E-state index in [9.17, 15) is 23.8 Å². The van der Waals surface area contributed by atoms with Gasteiger partial charge in [0.05, 0.1) is 30.7 Å². The van der Waals surface area contributed by atoms with Crippen LogP contribution < -0.4 is 16.0 Å². The van der Waals surface area contributed by atoms with Crippen LogP contribution in [-0.2, 0) is 4.79 Å². The van der Waals surface area contributed by atoms with E-state index in [1.807, 2.05) is 4.57 Å². The molecule has 2 aromatic heterocycles. The number of amides is 1. The fourth-order valence-electron chi connectivity index (χ4n) is 5.89. The molecule has 6 N–H and O–H groups in total. The number of carbonyl (C=O) groups is 1. The molecule has 0 saturated heterocycles. The molecule has 3 aromatic rings. The van der Waals surface area contributed by atoms with Gasteiger partial charge in [0, 0.05) is 30.6 Å². The molecule has 1 amide bonds. The quantitative estimate of drug-likeness (QED) is 0.185. The van der Waals surface area contributed by atoms with Gasteiger partial charge in [-0.25, -0.2) is 18.7 Å². The van der Waals surface area contributed by atoms with Crippen LogP contribution in [0, 0.1) is 17.6 Å². The van der Waals surface area contributed by atoms with Gasteiger partial charge >= 0.3 is 0 Å². The molecule has 42 heavy (non-hydrogen) atoms. The van der Waals surface area contributed by atoms with Crippen molar-refractivity contribution in [2.45, 2.75) is 88.5 Å². The zero-order valence-corrected chi connectivity index (χ0v) is 23.5. The summed E-state index contributed by atoms with van der Waals surface area (Å²) < 4.78 is 30.1. The van der Waals surface area contributed by atoms with Crippen LogP contribution in [0.1, 0.15) is 70.3 Å². The smallest absolute Gasteiger partial charge is 0.224 e. The highest BCUT2D eigenvalue weighted by atomic mass is 19.1. The molecule has 2 heterocycles.